The van der Waals surface area contributed by atoms with Crippen molar-refractivity contribution in [2.24, 2.45) is 0 Å². The molecule has 6 nitrogen and oxygen atoms in total. The van der Waals surface area contributed by atoms with Crippen molar-refractivity contribution in [2.75, 3.05) is 7.11 Å². The molecule has 0 atom stereocenters. The van der Waals surface area contributed by atoms with Gasteiger partial charge in [-0.15, -0.1) is 0 Å². The van der Waals surface area contributed by atoms with E-state index in [1.807, 2.05) is 41.4 Å². The molecule has 1 aromatic heterocycles. The van der Waals surface area contributed by atoms with Crippen molar-refractivity contribution < 1.29 is 4.74 Å². The molecule has 21 heavy (non-hydrogen) atoms. The maximum absolute atomic E-state index is 11.3. The molecule has 106 valence electrons. The Labute approximate surface area is 119 Å². The average molecular weight is 283 g/mol. The molecule has 0 aliphatic heterocycles. The fourth-order valence-electron chi connectivity index (χ4n) is 2.30. The van der Waals surface area contributed by atoms with Gasteiger partial charge in [-0.1, -0.05) is 24.3 Å². The summed E-state index contributed by atoms with van der Waals surface area (Å²) in [6.07, 6.45) is 0.313. The second-order valence-electron chi connectivity index (χ2n) is 4.63. The lowest BCUT2D eigenvalue weighted by atomic mass is 10.0. The summed E-state index contributed by atoms with van der Waals surface area (Å²) >= 11 is 0. The van der Waals surface area contributed by atoms with Crippen LogP contribution in [0.4, 0.5) is 0 Å². The van der Waals surface area contributed by atoms with Gasteiger partial charge in [-0.05, 0) is 22.9 Å². The highest BCUT2D eigenvalue weighted by Crippen LogP contribution is 2.26. The molecular formula is C15H13N3O3. The molecule has 0 aliphatic rings. The third kappa shape index (κ3) is 2.69. The van der Waals surface area contributed by atoms with E-state index in [9.17, 15) is 9.59 Å². The number of hydrogen-bond acceptors (Lipinski definition) is 4. The van der Waals surface area contributed by atoms with Gasteiger partial charge in [-0.3, -0.25) is 9.97 Å². The van der Waals surface area contributed by atoms with Crippen LogP contribution in [0.1, 0.15) is 11.4 Å². The van der Waals surface area contributed by atoms with Gasteiger partial charge >= 0.3 is 11.4 Å². The van der Waals surface area contributed by atoms with Gasteiger partial charge in [0.15, 0.2) is 0 Å². The van der Waals surface area contributed by atoms with Crippen LogP contribution in [0.25, 0.3) is 10.8 Å². The summed E-state index contributed by atoms with van der Waals surface area (Å²) in [5, 5.41) is 2.12. The number of aromatic amines is 2. The van der Waals surface area contributed by atoms with E-state index in [1.165, 1.54) is 0 Å². The maximum atomic E-state index is 11.3. The monoisotopic (exact) mass is 283 g/mol. The highest BCUT2D eigenvalue weighted by atomic mass is 16.5. The predicted molar refractivity (Wildman–Crippen MR) is 78.8 cm³/mol. The maximum Gasteiger partial charge on any atom is 0.350 e. The Morgan fingerprint density at radius 2 is 1.81 bits per heavy atom. The van der Waals surface area contributed by atoms with Gasteiger partial charge in [0.1, 0.15) is 11.6 Å². The first-order chi connectivity index (χ1) is 10.2. The van der Waals surface area contributed by atoms with E-state index in [2.05, 4.69) is 9.97 Å². The van der Waals surface area contributed by atoms with Crippen LogP contribution in [0.3, 0.4) is 0 Å². The van der Waals surface area contributed by atoms with E-state index >= 15 is 0 Å². The molecule has 2 N–H and O–H groups in total. The Morgan fingerprint density at radius 1 is 1.10 bits per heavy atom. The second-order valence-corrected chi connectivity index (χ2v) is 4.63. The van der Waals surface area contributed by atoms with Crippen molar-refractivity contribution in [1.29, 1.82) is 0 Å². The first-order valence-corrected chi connectivity index (χ1v) is 6.41. The number of H-pyrrole nitrogens is 2. The molecule has 0 saturated heterocycles. The average Bonchev–Trinajstić information content (AvgIpc) is 2.45. The second kappa shape index (κ2) is 5.24. The van der Waals surface area contributed by atoms with Crippen molar-refractivity contribution >= 4 is 10.8 Å². The highest BCUT2D eigenvalue weighted by molar-refractivity contribution is 5.85. The topological polar surface area (TPSA) is 87.8 Å². The molecule has 3 rings (SSSR count). The highest BCUT2D eigenvalue weighted by Gasteiger charge is 2.08. The van der Waals surface area contributed by atoms with Crippen molar-refractivity contribution in [1.82, 2.24) is 15.0 Å². The normalized spacial score (nSPS) is 10.7. The molecule has 0 aliphatic carbocycles. The fraction of sp³-hybridized carbons (Fsp3) is 0.133. The lowest BCUT2D eigenvalue weighted by Gasteiger charge is -2.10. The molecule has 3 aromatic rings. The molecule has 0 radical (unpaired) electrons. The van der Waals surface area contributed by atoms with E-state index in [4.69, 9.17) is 4.74 Å². The van der Waals surface area contributed by atoms with Crippen LogP contribution < -0.4 is 16.1 Å². The molecule has 0 fully saturated rings. The van der Waals surface area contributed by atoms with Crippen molar-refractivity contribution in [2.45, 2.75) is 6.42 Å². The van der Waals surface area contributed by atoms with Crippen LogP contribution in [-0.4, -0.2) is 22.1 Å². The number of ether oxygens (including phenoxy) is 1. The van der Waals surface area contributed by atoms with Gasteiger partial charge in [-0.25, -0.2) is 9.59 Å². The standard InChI is InChI=1S/C15H13N3O3/c1-21-12-7-10-5-3-2-4-9(10)6-11(12)8-13-16-14(19)18-15(20)17-13/h2-7H,8H2,1H3,(H2,16,17,18,19,20). The smallest absolute Gasteiger partial charge is 0.350 e. The van der Waals surface area contributed by atoms with E-state index < -0.39 is 11.4 Å². The minimum Gasteiger partial charge on any atom is -0.496 e. The SMILES string of the molecule is COc1cc2ccccc2cc1Cc1nc(=O)[nH]c(=O)[nH]1. The zero-order valence-electron chi connectivity index (χ0n) is 11.3. The molecule has 0 spiro atoms. The Hall–Kier alpha value is -2.89. The van der Waals surface area contributed by atoms with Crippen molar-refractivity contribution in [3.05, 3.63) is 68.8 Å². The minimum atomic E-state index is -0.659. The zero-order chi connectivity index (χ0) is 14.8. The van der Waals surface area contributed by atoms with Crippen LogP contribution >= 0.6 is 0 Å². The van der Waals surface area contributed by atoms with E-state index in [1.54, 1.807) is 7.11 Å². The number of nitrogens with one attached hydrogen (secondary N) is 2. The van der Waals surface area contributed by atoms with Gasteiger partial charge in [0.2, 0.25) is 0 Å². The molecular weight excluding hydrogens is 270 g/mol. The van der Waals surface area contributed by atoms with Gasteiger partial charge < -0.3 is 4.74 Å². The Balaban J connectivity index is 2.10. The Bertz CT molecular complexity index is 883. The summed E-state index contributed by atoms with van der Waals surface area (Å²) in [6.45, 7) is 0. The van der Waals surface area contributed by atoms with E-state index in [0.717, 1.165) is 16.3 Å². The number of rotatable bonds is 3. The number of benzene rings is 2. The number of aromatic nitrogens is 3. The Kier molecular flexibility index (Phi) is 3.27. The van der Waals surface area contributed by atoms with Crippen molar-refractivity contribution in [3.63, 3.8) is 0 Å². The van der Waals surface area contributed by atoms with Crippen LogP contribution in [0.2, 0.25) is 0 Å². The van der Waals surface area contributed by atoms with Gasteiger partial charge in [0.05, 0.1) is 7.11 Å². The first kappa shape index (κ1) is 13.1. The summed E-state index contributed by atoms with van der Waals surface area (Å²) in [4.78, 5) is 30.9. The number of methoxy groups -OCH3 is 1. The summed E-state index contributed by atoms with van der Waals surface area (Å²) in [7, 11) is 1.58. The molecule has 0 amide bonds. The predicted octanol–water partition coefficient (Wildman–Crippen LogP) is 1.21. The lowest BCUT2D eigenvalue weighted by molar-refractivity contribution is 0.411. The molecule has 0 saturated carbocycles. The third-order valence-corrected chi connectivity index (χ3v) is 3.22. The summed E-state index contributed by atoms with van der Waals surface area (Å²) in [5.41, 5.74) is -0.372. The van der Waals surface area contributed by atoms with Gasteiger partial charge in [-0.2, -0.15) is 4.98 Å². The van der Waals surface area contributed by atoms with Crippen molar-refractivity contribution in [3.8, 4) is 5.75 Å². The number of hydrogen-bond donors (Lipinski definition) is 2. The molecule has 1 heterocycles. The van der Waals surface area contributed by atoms with Crippen LogP contribution in [0.5, 0.6) is 5.75 Å². The van der Waals surface area contributed by atoms with E-state index in [0.29, 0.717) is 18.0 Å². The first-order valence-electron chi connectivity index (χ1n) is 6.41. The summed E-state index contributed by atoms with van der Waals surface area (Å²) in [5.74, 6) is 0.994. The summed E-state index contributed by atoms with van der Waals surface area (Å²) < 4.78 is 5.38. The summed E-state index contributed by atoms with van der Waals surface area (Å²) in [6, 6.07) is 11.8. The molecule has 6 heteroatoms. The molecule has 2 aromatic carbocycles. The van der Waals surface area contributed by atoms with E-state index in [-0.39, 0.29) is 0 Å². The largest absolute Gasteiger partial charge is 0.496 e. The van der Waals surface area contributed by atoms with Gasteiger partial charge in [0.25, 0.3) is 0 Å². The number of nitrogens with zero attached hydrogens (tertiary/aromatic N) is 1. The van der Waals surface area contributed by atoms with Crippen LogP contribution in [0, 0.1) is 0 Å². The molecule has 0 unspecified atom stereocenters. The number of fused-ring (bicyclic) bond motifs is 1. The lowest BCUT2D eigenvalue weighted by Crippen LogP contribution is -2.27. The Morgan fingerprint density at radius 3 is 2.48 bits per heavy atom. The minimum absolute atomic E-state index is 0.303. The third-order valence-electron chi connectivity index (χ3n) is 3.22. The molecule has 0 bridgehead atoms. The van der Waals surface area contributed by atoms with Crippen LogP contribution in [0.15, 0.2) is 46.0 Å². The van der Waals surface area contributed by atoms with Gasteiger partial charge in [0, 0.05) is 12.0 Å². The van der Waals surface area contributed by atoms with Crippen LogP contribution in [-0.2, 0) is 6.42 Å². The zero-order valence-corrected chi connectivity index (χ0v) is 11.3. The quantitative estimate of drug-likeness (QED) is 0.756. The fourth-order valence-corrected chi connectivity index (χ4v) is 2.30.